The molecule has 1 rings (SSSR count). The van der Waals surface area contributed by atoms with Gasteiger partial charge in [0, 0.05) is 6.61 Å². The summed E-state index contributed by atoms with van der Waals surface area (Å²) in [6.45, 7) is -1.70. The Morgan fingerprint density at radius 2 is 1.65 bits per heavy atom. The van der Waals surface area contributed by atoms with Gasteiger partial charge in [-0.3, -0.25) is 0 Å². The van der Waals surface area contributed by atoms with Crippen LogP contribution in [0.1, 0.15) is 6.92 Å². The Bertz CT molecular complexity index is 316. The van der Waals surface area contributed by atoms with E-state index in [1.807, 2.05) is 6.92 Å². The fraction of sp³-hybridized carbons (Fsp3) is 0.400. The number of rotatable bonds is 6. The van der Waals surface area contributed by atoms with E-state index in [0.717, 1.165) is 12.1 Å². The second-order valence-electron chi connectivity index (χ2n) is 3.19. The van der Waals surface area contributed by atoms with Crippen LogP contribution in [0.2, 0.25) is 0 Å². The second-order valence-corrected chi connectivity index (χ2v) is 3.19. The third-order valence-corrected chi connectivity index (χ3v) is 1.96. The Balaban J connectivity index is 0.00000256. The average Bonchev–Trinajstić information content (AvgIpc) is 2.24. The molecule has 0 bridgehead atoms. The summed E-state index contributed by atoms with van der Waals surface area (Å²) in [5.74, 6) is 0.420. The van der Waals surface area contributed by atoms with Crippen LogP contribution in [0.25, 0.3) is 0 Å². The first-order valence-electron chi connectivity index (χ1n) is 5.04. The van der Waals surface area contributed by atoms with Crippen LogP contribution < -0.4 is 61.6 Å². The van der Waals surface area contributed by atoms with Crippen molar-refractivity contribution in [3.05, 3.63) is 24.3 Å². The maximum Gasteiger partial charge on any atom is 1.00 e. The largest absolute Gasteiger partial charge is 1.00 e. The summed E-state index contributed by atoms with van der Waals surface area (Å²) in [5, 5.41) is 0. The molecule has 0 aliphatic carbocycles. The van der Waals surface area contributed by atoms with E-state index in [0.29, 0.717) is 25.6 Å². The molecule has 7 heteroatoms. The zero-order valence-electron chi connectivity index (χ0n) is 9.96. The van der Waals surface area contributed by atoms with E-state index in [1.54, 1.807) is 0 Å². The van der Waals surface area contributed by atoms with E-state index in [4.69, 9.17) is 9.47 Å². The molecular weight excluding hydrogens is 259 g/mol. The van der Waals surface area contributed by atoms with Gasteiger partial charge in [0.25, 0.3) is 0 Å². The monoisotopic (exact) mass is 272 g/mol. The molecule has 0 fully saturated rings. The molecule has 1 aromatic carbocycles. The summed E-state index contributed by atoms with van der Waals surface area (Å²) < 4.78 is 47.0. The topological polar surface area (TPSA) is 18.5 Å². The zero-order chi connectivity index (χ0) is 12.0. The molecule has 2 nitrogen and oxygen atoms in total. The molecule has 0 aromatic heterocycles. The Morgan fingerprint density at radius 1 is 1.06 bits per heavy atom. The average molecular weight is 272 g/mol. The van der Waals surface area contributed by atoms with Gasteiger partial charge in [-0.1, -0.05) is 12.1 Å². The number of benzene rings is 1. The van der Waals surface area contributed by atoms with Crippen LogP contribution in [0, 0.1) is 0 Å². The molecule has 0 spiro atoms. The van der Waals surface area contributed by atoms with Crippen molar-refractivity contribution in [2.24, 2.45) is 0 Å². The molecule has 0 radical (unpaired) electrons. The van der Waals surface area contributed by atoms with E-state index >= 15 is 0 Å². The molecule has 0 atom stereocenters. The van der Waals surface area contributed by atoms with Crippen LogP contribution in [0.5, 0.6) is 5.75 Å². The van der Waals surface area contributed by atoms with Gasteiger partial charge in [0.1, 0.15) is 12.4 Å². The number of hydrogen-bond acceptors (Lipinski definition) is 2. The summed E-state index contributed by atoms with van der Waals surface area (Å²) >= 11 is 0. The smallest absolute Gasteiger partial charge is 0.491 e. The molecular formula is C10H13BF3KO2. The van der Waals surface area contributed by atoms with Crippen molar-refractivity contribution in [3.8, 4) is 5.75 Å². The van der Waals surface area contributed by atoms with Crippen molar-refractivity contribution >= 4 is 12.4 Å². The number of ether oxygens (including phenoxy) is 2. The van der Waals surface area contributed by atoms with Crippen molar-refractivity contribution in [3.63, 3.8) is 0 Å². The first-order valence-corrected chi connectivity index (χ1v) is 5.04. The van der Waals surface area contributed by atoms with E-state index in [9.17, 15) is 12.9 Å². The maximum atomic E-state index is 12.3. The molecule has 0 saturated carbocycles. The molecule has 90 valence electrons. The summed E-state index contributed by atoms with van der Waals surface area (Å²) in [5.41, 5.74) is -0.614. The van der Waals surface area contributed by atoms with Gasteiger partial charge in [-0.25, -0.2) is 0 Å². The Kier molecular flexibility index (Phi) is 8.79. The molecule has 17 heavy (non-hydrogen) atoms. The molecule has 0 heterocycles. The maximum absolute atomic E-state index is 12.3. The van der Waals surface area contributed by atoms with E-state index in [2.05, 4.69) is 0 Å². The van der Waals surface area contributed by atoms with Crippen LogP contribution in [-0.2, 0) is 4.74 Å². The quantitative estimate of drug-likeness (QED) is 0.496. The third kappa shape index (κ3) is 6.83. The van der Waals surface area contributed by atoms with Gasteiger partial charge in [0.15, 0.2) is 0 Å². The van der Waals surface area contributed by atoms with Crippen LogP contribution in [0.4, 0.5) is 12.9 Å². The van der Waals surface area contributed by atoms with Crippen molar-refractivity contribution in [1.29, 1.82) is 0 Å². The Labute approximate surface area is 141 Å². The number of hydrogen-bond donors (Lipinski definition) is 0. The number of halogens is 3. The van der Waals surface area contributed by atoms with E-state index in [1.165, 1.54) is 12.1 Å². The van der Waals surface area contributed by atoms with Gasteiger partial charge in [-0.15, -0.1) is 5.46 Å². The van der Waals surface area contributed by atoms with Crippen LogP contribution in [0.3, 0.4) is 0 Å². The molecule has 0 amide bonds. The van der Waals surface area contributed by atoms with Crippen LogP contribution >= 0.6 is 0 Å². The van der Waals surface area contributed by atoms with Crippen molar-refractivity contribution in [2.75, 3.05) is 19.8 Å². The summed E-state index contributed by atoms with van der Waals surface area (Å²) in [4.78, 5) is 0. The molecule has 0 aliphatic heterocycles. The third-order valence-electron chi connectivity index (χ3n) is 1.96. The van der Waals surface area contributed by atoms with Gasteiger partial charge in [0.2, 0.25) is 0 Å². The fourth-order valence-electron chi connectivity index (χ4n) is 1.15. The normalized spacial score (nSPS) is 10.8. The fourth-order valence-corrected chi connectivity index (χ4v) is 1.15. The molecule has 0 saturated heterocycles. The summed E-state index contributed by atoms with van der Waals surface area (Å²) in [6.07, 6.45) is 0. The van der Waals surface area contributed by atoms with Gasteiger partial charge < -0.3 is 22.4 Å². The first-order chi connectivity index (χ1) is 7.54. The second kappa shape index (κ2) is 8.55. The van der Waals surface area contributed by atoms with E-state index < -0.39 is 12.4 Å². The van der Waals surface area contributed by atoms with Gasteiger partial charge >= 0.3 is 58.4 Å². The Hall–Kier alpha value is 0.471. The Morgan fingerprint density at radius 3 is 2.12 bits per heavy atom. The summed E-state index contributed by atoms with van der Waals surface area (Å²) in [6, 6.07) is 4.68. The van der Waals surface area contributed by atoms with Gasteiger partial charge in [0.05, 0.1) is 6.61 Å². The molecule has 1 aromatic rings. The van der Waals surface area contributed by atoms with E-state index in [-0.39, 0.29) is 51.4 Å². The predicted octanol–water partition coefficient (Wildman–Crippen LogP) is -0.840. The zero-order valence-corrected chi connectivity index (χ0v) is 13.1. The molecule has 0 unspecified atom stereocenters. The van der Waals surface area contributed by atoms with Gasteiger partial charge in [-0.05, 0) is 19.1 Å². The molecule has 0 aliphatic rings. The molecule has 0 N–H and O–H groups in total. The minimum absolute atomic E-state index is 0. The van der Waals surface area contributed by atoms with Crippen molar-refractivity contribution < 1.29 is 73.8 Å². The minimum Gasteiger partial charge on any atom is -0.491 e. The summed E-state index contributed by atoms with van der Waals surface area (Å²) in [7, 11) is 0. The van der Waals surface area contributed by atoms with Crippen molar-refractivity contribution in [1.82, 2.24) is 0 Å². The van der Waals surface area contributed by atoms with Crippen molar-refractivity contribution in [2.45, 2.75) is 6.92 Å². The minimum atomic E-state index is -4.92. The van der Waals surface area contributed by atoms with Crippen LogP contribution in [0.15, 0.2) is 24.3 Å². The van der Waals surface area contributed by atoms with Gasteiger partial charge in [-0.2, -0.15) is 0 Å². The first kappa shape index (κ1) is 17.5. The predicted molar refractivity (Wildman–Crippen MR) is 57.1 cm³/mol. The SMILES string of the molecule is CCOCCOc1ccc([B-](F)(F)F)cc1.[K+]. The standard InChI is InChI=1S/C10H13BF3O2.K/c1-2-15-7-8-16-10-5-3-9(4-6-10)11(12,13)14;/h3-6H,2,7-8H2,1H3;/q-1;+1. The van der Waals surface area contributed by atoms with Crippen LogP contribution in [-0.4, -0.2) is 26.8 Å².